The summed E-state index contributed by atoms with van der Waals surface area (Å²) in [4.78, 5) is 4.69. The molecule has 7 heteroatoms. The van der Waals surface area contributed by atoms with Crippen LogP contribution in [0.4, 0.5) is 34.5 Å². The maximum Gasteiger partial charge on any atom is 0.262 e. The summed E-state index contributed by atoms with van der Waals surface area (Å²) in [6.45, 7) is 15.6. The van der Waals surface area contributed by atoms with Crippen molar-refractivity contribution in [3.8, 4) is 22.6 Å². The third-order valence-electron chi connectivity index (χ3n) is 13.8. The Morgan fingerprint density at radius 2 is 0.864 bits per heavy atom. The fourth-order valence-electron chi connectivity index (χ4n) is 10.5. The number of rotatable bonds is 4. The van der Waals surface area contributed by atoms with Gasteiger partial charge in [-0.15, -0.1) is 0 Å². The van der Waals surface area contributed by atoms with Crippen LogP contribution in [0.25, 0.3) is 66.5 Å². The van der Waals surface area contributed by atoms with Gasteiger partial charge in [-0.05, 0) is 125 Å². The fraction of sp³-hybridized carbons (Fsp3) is 0.153. The van der Waals surface area contributed by atoms with Crippen LogP contribution < -0.4 is 26.2 Å². The largest absolute Gasteiger partial charge is 0.456 e. The van der Waals surface area contributed by atoms with Crippen LogP contribution in [0.3, 0.4) is 0 Å². The molecule has 0 spiro atoms. The maximum absolute atomic E-state index is 7.24. The predicted molar refractivity (Wildman–Crippen MR) is 273 cm³/mol. The van der Waals surface area contributed by atoms with Crippen LogP contribution in [0, 0.1) is 6.92 Å². The first-order valence-electron chi connectivity index (χ1n) is 22.9. The molecule has 7 aromatic carbocycles. The molecule has 4 aromatic heterocycles. The minimum Gasteiger partial charge on any atom is -0.456 e. The number of para-hydroxylation sites is 2. The molecule has 2 aliphatic rings. The number of fused-ring (bicyclic) bond motifs is 10. The highest BCUT2D eigenvalue weighted by Gasteiger charge is 2.49. The van der Waals surface area contributed by atoms with E-state index in [2.05, 4.69) is 180 Å². The van der Waals surface area contributed by atoms with Gasteiger partial charge in [0.15, 0.2) is 0 Å². The average molecular weight is 859 g/mol. The fourth-order valence-corrected chi connectivity index (χ4v) is 10.5. The molecule has 13 rings (SSSR count). The van der Waals surface area contributed by atoms with E-state index < -0.39 is 0 Å². The molecule has 66 heavy (non-hydrogen) atoms. The van der Waals surface area contributed by atoms with Crippen molar-refractivity contribution in [1.82, 2.24) is 0 Å². The number of benzene rings is 7. The van der Waals surface area contributed by atoms with Gasteiger partial charge in [-0.2, -0.15) is 0 Å². The zero-order chi connectivity index (χ0) is 44.8. The smallest absolute Gasteiger partial charge is 0.262 e. The standard InChI is InChI=1S/C59H47BN2O4/c1-34-26-45-55-46(27-34)62(42-19-13-17-36(29-42)52-31-38-15-9-11-21-48(38)64-52)57-54(44-33-40(59(5,6)7)23-25-50(44)66-57)60(55)53-43-32-39(58(2,3)4)22-24-49(43)65-56(53)61(45)41-18-12-16-35(28-41)51-30-37-14-8-10-20-47(37)63-51/h8-33H,1-7H3. The molecule has 320 valence electrons. The second-order valence-corrected chi connectivity index (χ2v) is 20.3. The lowest BCUT2D eigenvalue weighted by atomic mass is 9.33. The van der Waals surface area contributed by atoms with E-state index in [-0.39, 0.29) is 17.5 Å². The number of hydrogen-bond donors (Lipinski definition) is 0. The van der Waals surface area contributed by atoms with Gasteiger partial charge in [-0.1, -0.05) is 114 Å². The van der Waals surface area contributed by atoms with Crippen LogP contribution in [0.1, 0.15) is 58.2 Å². The third kappa shape index (κ3) is 5.82. The molecule has 0 amide bonds. The van der Waals surface area contributed by atoms with E-state index in [9.17, 15) is 0 Å². The van der Waals surface area contributed by atoms with Crippen LogP contribution in [-0.4, -0.2) is 6.71 Å². The van der Waals surface area contributed by atoms with Crippen molar-refractivity contribution in [3.63, 3.8) is 0 Å². The molecular weight excluding hydrogens is 811 g/mol. The Morgan fingerprint density at radius 3 is 1.30 bits per heavy atom. The Kier molecular flexibility index (Phi) is 8.05. The number of anilines is 6. The van der Waals surface area contributed by atoms with Gasteiger partial charge >= 0.3 is 0 Å². The average Bonchev–Trinajstić information content (AvgIpc) is 4.10. The summed E-state index contributed by atoms with van der Waals surface area (Å²) >= 11 is 0. The summed E-state index contributed by atoms with van der Waals surface area (Å²) in [5.41, 5.74) is 16.4. The Hall–Kier alpha value is -7.64. The van der Waals surface area contributed by atoms with E-state index in [0.29, 0.717) is 0 Å². The first-order valence-corrected chi connectivity index (χ1v) is 22.9. The van der Waals surface area contributed by atoms with E-state index in [4.69, 9.17) is 17.7 Å². The normalized spacial score (nSPS) is 13.6. The van der Waals surface area contributed by atoms with Gasteiger partial charge in [0.2, 0.25) is 11.8 Å². The van der Waals surface area contributed by atoms with E-state index >= 15 is 0 Å². The van der Waals surface area contributed by atoms with Crippen molar-refractivity contribution in [1.29, 1.82) is 0 Å². The van der Waals surface area contributed by atoms with Gasteiger partial charge in [0.05, 0.1) is 0 Å². The first kappa shape index (κ1) is 38.8. The number of hydrogen-bond acceptors (Lipinski definition) is 6. The first-order chi connectivity index (χ1) is 31.9. The molecule has 0 fully saturated rings. The van der Waals surface area contributed by atoms with Crippen LogP contribution in [0.15, 0.2) is 175 Å². The molecule has 0 saturated heterocycles. The molecule has 0 unspecified atom stereocenters. The van der Waals surface area contributed by atoms with Crippen molar-refractivity contribution >= 4 is 101 Å². The predicted octanol–water partition coefficient (Wildman–Crippen LogP) is 15.0. The Morgan fingerprint density at radius 1 is 0.409 bits per heavy atom. The van der Waals surface area contributed by atoms with E-state index in [1.54, 1.807) is 0 Å². The van der Waals surface area contributed by atoms with E-state index in [0.717, 1.165) is 118 Å². The molecule has 2 aliphatic heterocycles. The maximum atomic E-state index is 7.24. The summed E-state index contributed by atoms with van der Waals surface area (Å²) in [6, 6.07) is 56.1. The van der Waals surface area contributed by atoms with Crippen molar-refractivity contribution < 1.29 is 17.7 Å². The lowest BCUT2D eigenvalue weighted by Gasteiger charge is -2.40. The summed E-state index contributed by atoms with van der Waals surface area (Å²) in [7, 11) is 0. The number of nitrogens with zero attached hydrogens (tertiary/aromatic N) is 2. The molecule has 0 saturated carbocycles. The Bertz CT molecular complexity index is 3480. The molecule has 6 heterocycles. The molecule has 6 nitrogen and oxygen atoms in total. The second-order valence-electron chi connectivity index (χ2n) is 20.3. The zero-order valence-corrected chi connectivity index (χ0v) is 38.1. The van der Waals surface area contributed by atoms with Crippen LogP contribution in [-0.2, 0) is 10.8 Å². The van der Waals surface area contributed by atoms with Gasteiger partial charge in [0.1, 0.15) is 33.9 Å². The van der Waals surface area contributed by atoms with Gasteiger partial charge in [0.25, 0.3) is 6.71 Å². The van der Waals surface area contributed by atoms with E-state index in [1.807, 2.05) is 36.4 Å². The summed E-state index contributed by atoms with van der Waals surface area (Å²) in [5.74, 6) is 3.25. The van der Waals surface area contributed by atoms with Crippen LogP contribution in [0.2, 0.25) is 0 Å². The van der Waals surface area contributed by atoms with Gasteiger partial charge in [0, 0.05) is 66.3 Å². The van der Waals surface area contributed by atoms with Gasteiger partial charge in [-0.25, -0.2) is 0 Å². The molecule has 0 aliphatic carbocycles. The summed E-state index contributed by atoms with van der Waals surface area (Å²) in [6.07, 6.45) is 0. The quantitative estimate of drug-likeness (QED) is 0.164. The molecule has 11 aromatic rings. The van der Waals surface area contributed by atoms with Crippen molar-refractivity contribution in [2.75, 3.05) is 9.80 Å². The minimum absolute atomic E-state index is 0.0862. The van der Waals surface area contributed by atoms with E-state index in [1.165, 1.54) is 16.6 Å². The lowest BCUT2D eigenvalue weighted by molar-refractivity contribution is 0.589. The van der Waals surface area contributed by atoms with Crippen LogP contribution in [0.5, 0.6) is 0 Å². The summed E-state index contributed by atoms with van der Waals surface area (Å²) < 4.78 is 27.4. The molecule has 0 N–H and O–H groups in total. The topological polar surface area (TPSA) is 59.0 Å². The molecular formula is C59H47BN2O4. The molecule has 0 radical (unpaired) electrons. The highest BCUT2D eigenvalue weighted by atomic mass is 16.4. The number of aryl methyl sites for hydroxylation is 1. The Labute approximate surface area is 383 Å². The lowest BCUT2D eigenvalue weighted by Crippen LogP contribution is -2.60. The van der Waals surface area contributed by atoms with Crippen molar-refractivity contribution in [2.45, 2.75) is 59.3 Å². The second kappa shape index (κ2) is 13.7. The number of furan rings is 4. The summed E-state index contributed by atoms with van der Waals surface area (Å²) in [5, 5.41) is 4.35. The highest BCUT2D eigenvalue weighted by molar-refractivity contribution is 7.02. The third-order valence-corrected chi connectivity index (χ3v) is 13.8. The molecule has 0 atom stereocenters. The van der Waals surface area contributed by atoms with Crippen molar-refractivity contribution in [3.05, 3.63) is 174 Å². The van der Waals surface area contributed by atoms with Crippen molar-refractivity contribution in [2.24, 2.45) is 0 Å². The molecule has 0 bridgehead atoms. The highest BCUT2D eigenvalue weighted by Crippen LogP contribution is 2.49. The monoisotopic (exact) mass is 858 g/mol. The zero-order valence-electron chi connectivity index (χ0n) is 38.1. The SMILES string of the molecule is Cc1cc2c3c(c1)N(c1cccc(-c4cc5ccccc5o4)c1)c1oc4ccc(C(C)(C)C)cc4c1B3c1c(oc3ccc(C(C)(C)C)cc13)N2c1cccc(-c2cc3ccccc3o2)c1. The van der Waals surface area contributed by atoms with Gasteiger partial charge in [-0.3, -0.25) is 9.80 Å². The van der Waals surface area contributed by atoms with Gasteiger partial charge < -0.3 is 17.7 Å². The van der Waals surface area contributed by atoms with Crippen LogP contribution >= 0.6 is 0 Å². The Balaban J connectivity index is 1.12. The minimum atomic E-state index is -0.224.